The zero-order valence-electron chi connectivity index (χ0n) is 8.45. The lowest BCUT2D eigenvalue weighted by atomic mass is 10.1. The Bertz CT molecular complexity index is 475. The van der Waals surface area contributed by atoms with Gasteiger partial charge in [-0.15, -0.1) is 5.10 Å². The van der Waals surface area contributed by atoms with E-state index >= 15 is 0 Å². The lowest BCUT2D eigenvalue weighted by molar-refractivity contribution is 0.573. The summed E-state index contributed by atoms with van der Waals surface area (Å²) in [5, 5.41) is 6.82. The molecule has 1 aromatic heterocycles. The summed E-state index contributed by atoms with van der Waals surface area (Å²) in [6, 6.07) is 5.02. The second-order valence-corrected chi connectivity index (χ2v) is 4.86. The van der Waals surface area contributed by atoms with Gasteiger partial charge in [-0.25, -0.2) is 4.39 Å². The molecule has 1 aromatic carbocycles. The lowest BCUT2D eigenvalue weighted by Gasteiger charge is -2.15. The van der Waals surface area contributed by atoms with Crippen LogP contribution in [0.5, 0.6) is 0 Å². The van der Waals surface area contributed by atoms with E-state index in [1.54, 1.807) is 31.4 Å². The molecule has 0 aliphatic carbocycles. The molecule has 1 heterocycles. The van der Waals surface area contributed by atoms with Crippen molar-refractivity contribution < 1.29 is 4.39 Å². The van der Waals surface area contributed by atoms with E-state index in [4.69, 9.17) is 0 Å². The van der Waals surface area contributed by atoms with Crippen molar-refractivity contribution in [2.75, 3.05) is 7.05 Å². The van der Waals surface area contributed by atoms with Gasteiger partial charge >= 0.3 is 0 Å². The van der Waals surface area contributed by atoms with E-state index in [0.29, 0.717) is 10.0 Å². The monoisotopic (exact) mass is 301 g/mol. The first kappa shape index (κ1) is 11.6. The minimum atomic E-state index is -0.254. The maximum absolute atomic E-state index is 13.9. The van der Waals surface area contributed by atoms with Crippen LogP contribution in [0, 0.1) is 5.82 Å². The van der Waals surface area contributed by atoms with Crippen LogP contribution in [0.1, 0.15) is 16.5 Å². The molecule has 0 spiro atoms. The topological polar surface area (TPSA) is 37.8 Å². The Morgan fingerprint density at radius 2 is 2.31 bits per heavy atom. The number of rotatable bonds is 3. The number of hydrogen-bond donors (Lipinski definition) is 1. The van der Waals surface area contributed by atoms with Crippen LogP contribution in [-0.4, -0.2) is 16.6 Å². The molecule has 0 aliphatic heterocycles. The first-order chi connectivity index (χ1) is 7.74. The first-order valence-electron chi connectivity index (χ1n) is 4.62. The minimum Gasteiger partial charge on any atom is -0.308 e. The largest absolute Gasteiger partial charge is 0.308 e. The highest BCUT2D eigenvalue weighted by Gasteiger charge is 2.19. The molecule has 0 radical (unpaired) electrons. The average molecular weight is 302 g/mol. The van der Waals surface area contributed by atoms with E-state index < -0.39 is 0 Å². The predicted molar refractivity (Wildman–Crippen MR) is 64.9 cm³/mol. The van der Waals surface area contributed by atoms with E-state index in [9.17, 15) is 4.39 Å². The number of aromatic nitrogens is 2. The SMILES string of the molecule is CNC(c1cnns1)c1cccc(Br)c1F. The predicted octanol–water partition coefficient (Wildman–Crippen LogP) is 2.75. The Morgan fingerprint density at radius 1 is 1.50 bits per heavy atom. The Labute approximate surface area is 105 Å². The van der Waals surface area contributed by atoms with E-state index in [0.717, 1.165) is 4.88 Å². The molecule has 0 saturated carbocycles. The molecule has 2 aromatic rings. The van der Waals surface area contributed by atoms with Crippen LogP contribution < -0.4 is 5.32 Å². The summed E-state index contributed by atoms with van der Waals surface area (Å²) in [6.07, 6.45) is 1.65. The third-order valence-corrected chi connectivity index (χ3v) is 3.58. The third-order valence-electron chi connectivity index (χ3n) is 2.24. The minimum absolute atomic E-state index is 0.211. The van der Waals surface area contributed by atoms with Crippen molar-refractivity contribution >= 4 is 27.5 Å². The van der Waals surface area contributed by atoms with Gasteiger partial charge in [-0.2, -0.15) is 0 Å². The molecule has 1 atom stereocenters. The Kier molecular flexibility index (Phi) is 3.63. The highest BCUT2D eigenvalue weighted by molar-refractivity contribution is 9.10. The van der Waals surface area contributed by atoms with E-state index in [2.05, 4.69) is 30.8 Å². The van der Waals surface area contributed by atoms with Crippen molar-refractivity contribution in [2.24, 2.45) is 0 Å². The van der Waals surface area contributed by atoms with Crippen molar-refractivity contribution in [1.82, 2.24) is 14.9 Å². The molecule has 0 amide bonds. The standard InChI is InChI=1S/C10H9BrFN3S/c1-13-10(8-5-14-15-16-8)6-3-2-4-7(11)9(6)12/h2-5,10,13H,1H3. The summed E-state index contributed by atoms with van der Waals surface area (Å²) in [5.74, 6) is -0.254. The summed E-state index contributed by atoms with van der Waals surface area (Å²) < 4.78 is 18.2. The zero-order chi connectivity index (χ0) is 11.5. The van der Waals surface area contributed by atoms with Gasteiger partial charge in [0.1, 0.15) is 5.82 Å². The first-order valence-corrected chi connectivity index (χ1v) is 6.19. The molecular weight excluding hydrogens is 293 g/mol. The number of nitrogens with one attached hydrogen (secondary N) is 1. The number of nitrogens with zero attached hydrogens (tertiary/aromatic N) is 2. The molecule has 16 heavy (non-hydrogen) atoms. The Morgan fingerprint density at radius 3 is 2.94 bits per heavy atom. The van der Waals surface area contributed by atoms with E-state index in [1.165, 1.54) is 11.5 Å². The van der Waals surface area contributed by atoms with Gasteiger partial charge in [-0.3, -0.25) is 0 Å². The van der Waals surface area contributed by atoms with Gasteiger partial charge in [0.05, 0.1) is 21.6 Å². The number of benzene rings is 1. The maximum atomic E-state index is 13.9. The number of halogens is 2. The molecule has 6 heteroatoms. The molecule has 3 nitrogen and oxygen atoms in total. The summed E-state index contributed by atoms with van der Waals surface area (Å²) in [5.41, 5.74) is 0.586. The highest BCUT2D eigenvalue weighted by atomic mass is 79.9. The van der Waals surface area contributed by atoms with Crippen molar-refractivity contribution in [2.45, 2.75) is 6.04 Å². The van der Waals surface area contributed by atoms with Gasteiger partial charge < -0.3 is 5.32 Å². The quantitative estimate of drug-likeness (QED) is 0.947. The third kappa shape index (κ3) is 2.14. The fourth-order valence-corrected chi connectivity index (χ4v) is 2.51. The van der Waals surface area contributed by atoms with Crippen molar-refractivity contribution in [1.29, 1.82) is 0 Å². The molecule has 1 unspecified atom stereocenters. The van der Waals surface area contributed by atoms with Crippen molar-refractivity contribution in [3.05, 3.63) is 45.1 Å². The Hall–Kier alpha value is -0.850. The molecule has 84 valence electrons. The molecule has 0 aliphatic rings. The van der Waals surface area contributed by atoms with Gasteiger partial charge in [0.2, 0.25) is 0 Å². The fourth-order valence-electron chi connectivity index (χ4n) is 1.50. The zero-order valence-corrected chi connectivity index (χ0v) is 10.8. The molecular formula is C10H9BrFN3S. The summed E-state index contributed by atoms with van der Waals surface area (Å²) in [6.45, 7) is 0. The van der Waals surface area contributed by atoms with E-state index in [-0.39, 0.29) is 11.9 Å². The van der Waals surface area contributed by atoms with Crippen LogP contribution in [0.2, 0.25) is 0 Å². The van der Waals surface area contributed by atoms with Gasteiger partial charge in [-0.05, 0) is 40.6 Å². The van der Waals surface area contributed by atoms with Crippen LogP contribution in [0.3, 0.4) is 0 Å². The second-order valence-electron chi connectivity index (χ2n) is 3.18. The van der Waals surface area contributed by atoms with Crippen LogP contribution in [0.4, 0.5) is 4.39 Å². The summed E-state index contributed by atoms with van der Waals surface area (Å²) in [4.78, 5) is 0.888. The second kappa shape index (κ2) is 4.99. The molecule has 0 bridgehead atoms. The van der Waals surface area contributed by atoms with Crippen molar-refractivity contribution in [3.63, 3.8) is 0 Å². The maximum Gasteiger partial charge on any atom is 0.142 e. The van der Waals surface area contributed by atoms with Gasteiger partial charge in [-0.1, -0.05) is 16.6 Å². The van der Waals surface area contributed by atoms with E-state index in [1.807, 2.05) is 0 Å². The fraction of sp³-hybridized carbons (Fsp3) is 0.200. The molecule has 0 saturated heterocycles. The van der Waals surface area contributed by atoms with Gasteiger partial charge in [0.15, 0.2) is 0 Å². The lowest BCUT2D eigenvalue weighted by Crippen LogP contribution is -2.18. The molecule has 0 fully saturated rings. The van der Waals surface area contributed by atoms with Crippen LogP contribution in [0.15, 0.2) is 28.9 Å². The average Bonchev–Trinajstić information content (AvgIpc) is 2.79. The number of hydrogen-bond acceptors (Lipinski definition) is 4. The summed E-state index contributed by atoms with van der Waals surface area (Å²) >= 11 is 4.44. The Balaban J connectivity index is 2.45. The smallest absolute Gasteiger partial charge is 0.142 e. The normalized spacial score (nSPS) is 12.7. The van der Waals surface area contributed by atoms with Gasteiger partial charge in [0.25, 0.3) is 0 Å². The van der Waals surface area contributed by atoms with Crippen molar-refractivity contribution in [3.8, 4) is 0 Å². The van der Waals surface area contributed by atoms with Crippen LogP contribution in [-0.2, 0) is 0 Å². The summed E-state index contributed by atoms with van der Waals surface area (Å²) in [7, 11) is 1.78. The molecule has 1 N–H and O–H groups in total. The van der Waals surface area contributed by atoms with Crippen LogP contribution in [0.25, 0.3) is 0 Å². The molecule has 2 rings (SSSR count). The van der Waals surface area contributed by atoms with Gasteiger partial charge in [0, 0.05) is 5.56 Å². The highest BCUT2D eigenvalue weighted by Crippen LogP contribution is 2.28. The van der Waals surface area contributed by atoms with Crippen LogP contribution >= 0.6 is 27.5 Å².